The molecule has 7 nitrogen and oxygen atoms in total. The number of likely N-dealkylation sites (N-methyl/N-ethyl adjacent to an activating group) is 1. The van der Waals surface area contributed by atoms with E-state index in [0.717, 1.165) is 12.6 Å². The van der Waals surface area contributed by atoms with Crippen molar-refractivity contribution in [1.29, 1.82) is 0 Å². The molecule has 0 radical (unpaired) electrons. The maximum atomic E-state index is 11.9. The van der Waals surface area contributed by atoms with Crippen LogP contribution in [0.5, 0.6) is 0 Å². The summed E-state index contributed by atoms with van der Waals surface area (Å²) < 4.78 is 0. The zero-order valence-corrected chi connectivity index (χ0v) is 11.3. The fourth-order valence-corrected chi connectivity index (χ4v) is 1.52. The standard InChI is InChI=1S/C13H17N3O4/c1-9(17)15-11(16(2)13(19)20)12(18)14-8-10-6-4-3-5-7-10/h3-7,11H,8H2,1-2H3,(H,14,18)(H,15,17)(H,19,20)/p-1. The highest BCUT2D eigenvalue weighted by Crippen LogP contribution is 1.99. The molecule has 0 aromatic heterocycles. The van der Waals surface area contributed by atoms with Crippen LogP contribution < -0.4 is 15.7 Å². The first kappa shape index (κ1) is 15.5. The Morgan fingerprint density at radius 1 is 1.25 bits per heavy atom. The largest absolute Gasteiger partial charge is 0.530 e. The number of rotatable bonds is 5. The first-order valence-electron chi connectivity index (χ1n) is 5.94. The summed E-state index contributed by atoms with van der Waals surface area (Å²) in [4.78, 5) is 34.4. The molecule has 0 saturated carbocycles. The highest BCUT2D eigenvalue weighted by molar-refractivity contribution is 5.88. The molecular weight excluding hydrogens is 262 g/mol. The van der Waals surface area contributed by atoms with Crippen LogP contribution in [0.25, 0.3) is 0 Å². The Labute approximate surface area is 116 Å². The van der Waals surface area contributed by atoms with Gasteiger partial charge in [0, 0.05) is 20.5 Å². The molecule has 3 amide bonds. The molecule has 0 heterocycles. The van der Waals surface area contributed by atoms with Crippen LogP contribution in [-0.4, -0.2) is 36.0 Å². The van der Waals surface area contributed by atoms with Crippen LogP contribution in [0.15, 0.2) is 30.3 Å². The second-order valence-electron chi connectivity index (χ2n) is 4.18. The zero-order valence-electron chi connectivity index (χ0n) is 11.3. The molecule has 0 aliphatic rings. The minimum Gasteiger partial charge on any atom is -0.530 e. The van der Waals surface area contributed by atoms with Crippen LogP contribution in [-0.2, 0) is 16.1 Å². The zero-order chi connectivity index (χ0) is 15.1. The van der Waals surface area contributed by atoms with Gasteiger partial charge in [-0.3, -0.25) is 9.59 Å². The summed E-state index contributed by atoms with van der Waals surface area (Å²) in [6.45, 7) is 1.43. The summed E-state index contributed by atoms with van der Waals surface area (Å²) in [5, 5.41) is 15.6. The second kappa shape index (κ2) is 7.13. The summed E-state index contributed by atoms with van der Waals surface area (Å²) in [7, 11) is 1.15. The molecule has 1 unspecified atom stereocenters. The highest BCUT2D eigenvalue weighted by Gasteiger charge is 2.23. The van der Waals surface area contributed by atoms with Crippen molar-refractivity contribution in [2.45, 2.75) is 19.6 Å². The Morgan fingerprint density at radius 3 is 2.35 bits per heavy atom. The van der Waals surface area contributed by atoms with Crippen LogP contribution in [0.2, 0.25) is 0 Å². The molecular formula is C13H16N3O4-. The minimum atomic E-state index is -1.56. The van der Waals surface area contributed by atoms with Crippen molar-refractivity contribution < 1.29 is 19.5 Å². The predicted octanol–water partition coefficient (Wildman–Crippen LogP) is -0.960. The SMILES string of the molecule is CC(=O)NC(C(=O)NCc1ccccc1)N(C)C(=O)[O-]. The fourth-order valence-electron chi connectivity index (χ4n) is 1.52. The molecule has 0 fully saturated rings. The van der Waals surface area contributed by atoms with Gasteiger partial charge < -0.3 is 25.4 Å². The Kier molecular flexibility index (Phi) is 5.52. The minimum absolute atomic E-state index is 0.233. The van der Waals surface area contributed by atoms with Gasteiger partial charge in [0.1, 0.15) is 6.09 Å². The van der Waals surface area contributed by atoms with Gasteiger partial charge >= 0.3 is 0 Å². The fraction of sp³-hybridized carbons (Fsp3) is 0.308. The summed E-state index contributed by atoms with van der Waals surface area (Å²) in [6.07, 6.45) is -2.88. The third-order valence-corrected chi connectivity index (χ3v) is 2.57. The number of carbonyl (C=O) groups excluding carboxylic acids is 3. The van der Waals surface area contributed by atoms with Gasteiger partial charge in [-0.15, -0.1) is 0 Å². The maximum absolute atomic E-state index is 11.9. The lowest BCUT2D eigenvalue weighted by atomic mass is 10.2. The van der Waals surface area contributed by atoms with Gasteiger partial charge in [0.2, 0.25) is 5.91 Å². The Hall–Kier alpha value is -2.57. The lowest BCUT2D eigenvalue weighted by molar-refractivity contribution is -0.266. The van der Waals surface area contributed by atoms with E-state index in [1.807, 2.05) is 30.3 Å². The topological polar surface area (TPSA) is 102 Å². The van der Waals surface area contributed by atoms with Crippen molar-refractivity contribution in [2.75, 3.05) is 7.05 Å². The first-order chi connectivity index (χ1) is 9.41. The van der Waals surface area contributed by atoms with E-state index in [0.29, 0.717) is 4.90 Å². The third-order valence-electron chi connectivity index (χ3n) is 2.57. The highest BCUT2D eigenvalue weighted by atomic mass is 16.4. The van der Waals surface area contributed by atoms with Gasteiger partial charge in [0.15, 0.2) is 6.17 Å². The summed E-state index contributed by atoms with van der Waals surface area (Å²) in [6, 6.07) is 9.11. The number of carbonyl (C=O) groups is 3. The number of amides is 3. The number of nitrogens with one attached hydrogen (secondary N) is 2. The monoisotopic (exact) mass is 278 g/mol. The number of carboxylic acid groups (broad SMARTS) is 1. The van der Waals surface area contributed by atoms with Gasteiger partial charge in [-0.25, -0.2) is 0 Å². The van der Waals surface area contributed by atoms with Gasteiger partial charge in [-0.05, 0) is 5.56 Å². The number of hydrogen-bond donors (Lipinski definition) is 2. The lowest BCUT2D eigenvalue weighted by Gasteiger charge is -2.29. The summed E-state index contributed by atoms with van der Waals surface area (Å²) >= 11 is 0. The Balaban J connectivity index is 2.68. The van der Waals surface area contributed by atoms with Gasteiger partial charge in [-0.1, -0.05) is 30.3 Å². The van der Waals surface area contributed by atoms with E-state index in [4.69, 9.17) is 0 Å². The van der Waals surface area contributed by atoms with E-state index in [2.05, 4.69) is 10.6 Å². The predicted molar refractivity (Wildman–Crippen MR) is 69.1 cm³/mol. The molecule has 20 heavy (non-hydrogen) atoms. The summed E-state index contributed by atoms with van der Waals surface area (Å²) in [5.41, 5.74) is 0.860. The molecule has 108 valence electrons. The molecule has 1 aromatic rings. The maximum Gasteiger partial charge on any atom is 0.263 e. The first-order valence-corrected chi connectivity index (χ1v) is 5.94. The van der Waals surface area contributed by atoms with Crippen molar-refractivity contribution >= 4 is 17.9 Å². The van der Waals surface area contributed by atoms with Gasteiger partial charge in [0.25, 0.3) is 5.91 Å². The van der Waals surface area contributed by atoms with Crippen molar-refractivity contribution in [2.24, 2.45) is 0 Å². The number of benzene rings is 1. The second-order valence-corrected chi connectivity index (χ2v) is 4.18. The lowest BCUT2D eigenvalue weighted by Crippen LogP contribution is -2.59. The molecule has 1 rings (SSSR count). The molecule has 0 bridgehead atoms. The van der Waals surface area contributed by atoms with E-state index >= 15 is 0 Å². The molecule has 7 heteroatoms. The number of hydrogen-bond acceptors (Lipinski definition) is 4. The van der Waals surface area contributed by atoms with Gasteiger partial charge in [-0.2, -0.15) is 0 Å². The van der Waals surface area contributed by atoms with E-state index in [1.165, 1.54) is 6.92 Å². The van der Waals surface area contributed by atoms with Crippen LogP contribution in [0, 0.1) is 0 Å². The summed E-state index contributed by atoms with van der Waals surface area (Å²) in [5.74, 6) is -1.14. The van der Waals surface area contributed by atoms with Crippen LogP contribution in [0.1, 0.15) is 12.5 Å². The molecule has 1 aromatic carbocycles. The van der Waals surface area contributed by atoms with Crippen molar-refractivity contribution in [3.8, 4) is 0 Å². The molecule has 1 atom stereocenters. The Bertz CT molecular complexity index is 490. The van der Waals surface area contributed by atoms with Crippen LogP contribution in [0.3, 0.4) is 0 Å². The molecule has 2 N–H and O–H groups in total. The van der Waals surface area contributed by atoms with E-state index in [9.17, 15) is 19.5 Å². The average Bonchev–Trinajstić information content (AvgIpc) is 2.42. The van der Waals surface area contributed by atoms with E-state index < -0.39 is 24.1 Å². The molecule has 0 spiro atoms. The normalized spacial score (nSPS) is 11.3. The van der Waals surface area contributed by atoms with Crippen molar-refractivity contribution in [3.05, 3.63) is 35.9 Å². The van der Waals surface area contributed by atoms with Crippen LogP contribution >= 0.6 is 0 Å². The third kappa shape index (κ3) is 4.60. The molecule has 0 aliphatic carbocycles. The van der Waals surface area contributed by atoms with Crippen LogP contribution in [0.4, 0.5) is 4.79 Å². The quantitative estimate of drug-likeness (QED) is 0.677. The van der Waals surface area contributed by atoms with E-state index in [1.54, 1.807) is 0 Å². The number of nitrogens with zero attached hydrogens (tertiary/aromatic N) is 1. The average molecular weight is 278 g/mol. The molecule has 0 saturated heterocycles. The smallest absolute Gasteiger partial charge is 0.263 e. The van der Waals surface area contributed by atoms with Crippen molar-refractivity contribution in [1.82, 2.24) is 15.5 Å². The molecule has 0 aliphatic heterocycles. The Morgan fingerprint density at radius 2 is 1.85 bits per heavy atom. The van der Waals surface area contributed by atoms with Crippen molar-refractivity contribution in [3.63, 3.8) is 0 Å². The van der Waals surface area contributed by atoms with Gasteiger partial charge in [0.05, 0.1) is 0 Å². The van der Waals surface area contributed by atoms with E-state index in [-0.39, 0.29) is 6.54 Å².